The van der Waals surface area contributed by atoms with Gasteiger partial charge < -0.3 is 14.8 Å². The number of nitrogens with one attached hydrogen (secondary N) is 1. The summed E-state index contributed by atoms with van der Waals surface area (Å²) in [5.74, 6) is 2.22. The van der Waals surface area contributed by atoms with Crippen LogP contribution < -0.4 is 14.8 Å². The largest absolute Gasteiger partial charge is 0.495 e. The number of ether oxygens (including phenoxy) is 2. The molecule has 0 aliphatic heterocycles. The number of aromatic nitrogens is 3. The maximum absolute atomic E-state index is 5.67. The predicted octanol–water partition coefficient (Wildman–Crippen LogP) is 4.14. The molecule has 124 valence electrons. The fourth-order valence-electron chi connectivity index (χ4n) is 2.06. The van der Waals surface area contributed by atoms with E-state index in [0.717, 1.165) is 27.9 Å². The summed E-state index contributed by atoms with van der Waals surface area (Å²) < 4.78 is 15.2. The van der Waals surface area contributed by atoms with E-state index in [1.54, 1.807) is 19.5 Å². The van der Waals surface area contributed by atoms with E-state index in [2.05, 4.69) is 19.7 Å². The van der Waals surface area contributed by atoms with Crippen LogP contribution >= 0.6 is 11.5 Å². The minimum Gasteiger partial charge on any atom is -0.495 e. The van der Waals surface area contributed by atoms with Crippen molar-refractivity contribution in [3.63, 3.8) is 0 Å². The summed E-state index contributed by atoms with van der Waals surface area (Å²) in [7, 11) is 1.62. The van der Waals surface area contributed by atoms with Gasteiger partial charge >= 0.3 is 0 Å². The van der Waals surface area contributed by atoms with Crippen LogP contribution in [0.2, 0.25) is 0 Å². The number of anilines is 2. The summed E-state index contributed by atoms with van der Waals surface area (Å²) in [6.07, 6.45) is 3.51. The summed E-state index contributed by atoms with van der Waals surface area (Å²) in [4.78, 5) is 8.64. The zero-order chi connectivity index (χ0) is 16.9. The third-order valence-electron chi connectivity index (χ3n) is 3.10. The molecule has 24 heavy (non-hydrogen) atoms. The smallest absolute Gasteiger partial charge is 0.137 e. The van der Waals surface area contributed by atoms with E-state index in [4.69, 9.17) is 9.47 Å². The first-order valence-electron chi connectivity index (χ1n) is 7.51. The third kappa shape index (κ3) is 3.99. The Morgan fingerprint density at radius 1 is 1.04 bits per heavy atom. The Morgan fingerprint density at radius 3 is 2.62 bits per heavy atom. The van der Waals surface area contributed by atoms with Crippen LogP contribution in [0.1, 0.15) is 13.8 Å². The molecule has 6 nitrogen and oxygen atoms in total. The Hall–Kier alpha value is -2.67. The molecular weight excluding hydrogens is 324 g/mol. The van der Waals surface area contributed by atoms with Gasteiger partial charge in [-0.3, -0.25) is 4.98 Å². The maximum Gasteiger partial charge on any atom is 0.137 e. The van der Waals surface area contributed by atoms with Gasteiger partial charge in [0.2, 0.25) is 0 Å². The summed E-state index contributed by atoms with van der Waals surface area (Å²) >= 11 is 1.36. The van der Waals surface area contributed by atoms with Crippen LogP contribution in [-0.4, -0.2) is 27.6 Å². The van der Waals surface area contributed by atoms with Crippen molar-refractivity contribution in [2.45, 2.75) is 20.0 Å². The molecule has 0 atom stereocenters. The predicted molar refractivity (Wildman–Crippen MR) is 95.2 cm³/mol. The van der Waals surface area contributed by atoms with Crippen molar-refractivity contribution >= 4 is 22.4 Å². The van der Waals surface area contributed by atoms with Crippen LogP contribution in [-0.2, 0) is 0 Å². The molecule has 0 radical (unpaired) electrons. The van der Waals surface area contributed by atoms with E-state index in [9.17, 15) is 0 Å². The highest BCUT2D eigenvalue weighted by Gasteiger charge is 2.08. The lowest BCUT2D eigenvalue weighted by molar-refractivity contribution is 0.242. The number of pyridine rings is 2. The topological polar surface area (TPSA) is 69.2 Å². The van der Waals surface area contributed by atoms with Gasteiger partial charge in [-0.2, -0.15) is 4.37 Å². The summed E-state index contributed by atoms with van der Waals surface area (Å²) in [5, 5.41) is 4.13. The van der Waals surface area contributed by atoms with Crippen LogP contribution in [0.15, 0.2) is 42.7 Å². The molecule has 3 rings (SSSR count). The highest BCUT2D eigenvalue weighted by Crippen LogP contribution is 2.28. The van der Waals surface area contributed by atoms with Crippen LogP contribution in [0, 0.1) is 0 Å². The number of hydrogen-bond donors (Lipinski definition) is 1. The minimum absolute atomic E-state index is 0.122. The van der Waals surface area contributed by atoms with Crippen molar-refractivity contribution in [3.8, 4) is 22.9 Å². The molecule has 3 aromatic heterocycles. The van der Waals surface area contributed by atoms with Gasteiger partial charge in [0, 0.05) is 18.3 Å². The Morgan fingerprint density at radius 2 is 1.92 bits per heavy atom. The summed E-state index contributed by atoms with van der Waals surface area (Å²) in [5.41, 5.74) is 1.60. The van der Waals surface area contributed by atoms with Crippen LogP contribution in [0.25, 0.3) is 11.4 Å². The third-order valence-corrected chi connectivity index (χ3v) is 3.80. The second-order valence-corrected chi connectivity index (χ2v) is 6.13. The second-order valence-electron chi connectivity index (χ2n) is 5.33. The average Bonchev–Trinajstić information content (AvgIpc) is 3.03. The molecule has 0 aliphatic carbocycles. The first-order valence-corrected chi connectivity index (χ1v) is 8.28. The quantitative estimate of drug-likeness (QED) is 0.726. The molecule has 0 unspecified atom stereocenters. The lowest BCUT2D eigenvalue weighted by Gasteiger charge is -2.10. The standard InChI is InChI=1S/C17H18N4O2S/c1-11(2)23-12-6-7-18-16(8-12)20-17-9-15(21-24-17)14-5-4-13(22-3)10-19-14/h4-11H,1-3H3,(H,18,20). The molecule has 0 saturated heterocycles. The maximum atomic E-state index is 5.67. The molecule has 0 saturated carbocycles. The Labute approximate surface area is 144 Å². The Kier molecular flexibility index (Phi) is 4.90. The van der Waals surface area contributed by atoms with E-state index in [-0.39, 0.29) is 6.10 Å². The van der Waals surface area contributed by atoms with Crippen molar-refractivity contribution in [1.29, 1.82) is 0 Å². The summed E-state index contributed by atoms with van der Waals surface area (Å²) in [6.45, 7) is 3.98. The molecule has 0 aliphatic rings. The zero-order valence-corrected chi connectivity index (χ0v) is 14.5. The van der Waals surface area contributed by atoms with Crippen molar-refractivity contribution in [2.24, 2.45) is 0 Å². The van der Waals surface area contributed by atoms with Gasteiger partial charge in [-0.1, -0.05) is 0 Å². The fraction of sp³-hybridized carbons (Fsp3) is 0.235. The normalized spacial score (nSPS) is 10.7. The molecule has 1 N–H and O–H groups in total. The van der Waals surface area contributed by atoms with Gasteiger partial charge in [0.1, 0.15) is 28.0 Å². The number of hydrogen-bond acceptors (Lipinski definition) is 7. The first kappa shape index (κ1) is 16.2. The van der Waals surface area contributed by atoms with Crippen molar-refractivity contribution < 1.29 is 9.47 Å². The van der Waals surface area contributed by atoms with Crippen molar-refractivity contribution in [2.75, 3.05) is 12.4 Å². The van der Waals surface area contributed by atoms with Gasteiger partial charge in [0.15, 0.2) is 0 Å². The average molecular weight is 342 g/mol. The van der Waals surface area contributed by atoms with Crippen LogP contribution in [0.4, 0.5) is 10.8 Å². The fourth-order valence-corrected chi connectivity index (χ4v) is 2.72. The van der Waals surface area contributed by atoms with Gasteiger partial charge in [-0.15, -0.1) is 0 Å². The summed E-state index contributed by atoms with van der Waals surface area (Å²) in [6, 6.07) is 9.39. The second kappa shape index (κ2) is 7.27. The molecule has 0 fully saturated rings. The number of rotatable bonds is 6. The van der Waals surface area contributed by atoms with E-state index in [0.29, 0.717) is 5.82 Å². The first-order chi connectivity index (χ1) is 11.6. The van der Waals surface area contributed by atoms with E-state index >= 15 is 0 Å². The number of methoxy groups -OCH3 is 1. The molecule has 0 amide bonds. The molecule has 0 bridgehead atoms. The molecule has 0 spiro atoms. The molecular formula is C17H18N4O2S. The molecule has 7 heteroatoms. The molecule has 0 aromatic carbocycles. The van der Waals surface area contributed by atoms with Crippen LogP contribution in [0.3, 0.4) is 0 Å². The Balaban J connectivity index is 1.73. The van der Waals surface area contributed by atoms with Gasteiger partial charge in [-0.05, 0) is 43.6 Å². The van der Waals surface area contributed by atoms with Gasteiger partial charge in [-0.25, -0.2) is 4.98 Å². The Bertz CT molecular complexity index is 802. The molecule has 3 heterocycles. The highest BCUT2D eigenvalue weighted by atomic mass is 32.1. The monoisotopic (exact) mass is 342 g/mol. The van der Waals surface area contributed by atoms with Crippen LogP contribution in [0.5, 0.6) is 11.5 Å². The number of nitrogens with zero attached hydrogens (tertiary/aromatic N) is 3. The van der Waals surface area contributed by atoms with E-state index < -0.39 is 0 Å². The van der Waals surface area contributed by atoms with Crippen molar-refractivity contribution in [3.05, 3.63) is 42.7 Å². The van der Waals surface area contributed by atoms with E-state index in [1.807, 2.05) is 44.2 Å². The van der Waals surface area contributed by atoms with Gasteiger partial charge in [0.05, 0.1) is 25.1 Å². The lowest BCUT2D eigenvalue weighted by atomic mass is 10.2. The minimum atomic E-state index is 0.122. The lowest BCUT2D eigenvalue weighted by Crippen LogP contribution is -2.05. The van der Waals surface area contributed by atoms with E-state index in [1.165, 1.54) is 11.5 Å². The van der Waals surface area contributed by atoms with Gasteiger partial charge in [0.25, 0.3) is 0 Å². The molecule has 3 aromatic rings. The highest BCUT2D eigenvalue weighted by molar-refractivity contribution is 7.10. The zero-order valence-electron chi connectivity index (χ0n) is 13.7. The van der Waals surface area contributed by atoms with Crippen molar-refractivity contribution in [1.82, 2.24) is 14.3 Å². The SMILES string of the molecule is COc1ccc(-c2cc(Nc3cc(OC(C)C)ccn3)sn2)nc1.